The van der Waals surface area contributed by atoms with Crippen LogP contribution >= 0.6 is 0 Å². The number of rotatable bonds is 7. The Morgan fingerprint density at radius 1 is 1.19 bits per heavy atom. The maximum absolute atomic E-state index is 10.8. The topological polar surface area (TPSA) is 17.1 Å². The fraction of sp³-hybridized carbons (Fsp3) is 0.650. The molecular weight excluding hydrogens is 256 g/mol. The Kier molecular flexibility index (Phi) is 6.48. The van der Waals surface area contributed by atoms with Gasteiger partial charge in [0, 0.05) is 5.56 Å². The van der Waals surface area contributed by atoms with Crippen LogP contribution in [-0.4, -0.2) is 6.29 Å². The van der Waals surface area contributed by atoms with Gasteiger partial charge in [0.15, 0.2) is 0 Å². The molecule has 2 rings (SSSR count). The molecule has 1 aromatic rings. The Labute approximate surface area is 130 Å². The second-order valence-electron chi connectivity index (χ2n) is 6.86. The Morgan fingerprint density at radius 3 is 2.62 bits per heavy atom. The molecule has 1 fully saturated rings. The van der Waals surface area contributed by atoms with E-state index in [0.29, 0.717) is 5.92 Å². The lowest BCUT2D eigenvalue weighted by atomic mass is 9.72. The number of aldehydes is 1. The summed E-state index contributed by atoms with van der Waals surface area (Å²) < 4.78 is 0. The molecule has 21 heavy (non-hydrogen) atoms. The first-order valence-corrected chi connectivity index (χ1v) is 8.79. The number of hydrogen-bond acceptors (Lipinski definition) is 1. The fourth-order valence-corrected chi connectivity index (χ4v) is 3.88. The molecule has 0 radical (unpaired) electrons. The predicted octanol–water partition coefficient (Wildman–Crippen LogP) is 5.99. The highest BCUT2D eigenvalue weighted by Gasteiger charge is 2.26. The maximum Gasteiger partial charge on any atom is 0.150 e. The van der Waals surface area contributed by atoms with Gasteiger partial charge >= 0.3 is 0 Å². The summed E-state index contributed by atoms with van der Waals surface area (Å²) in [6.07, 6.45) is 12.1. The van der Waals surface area contributed by atoms with Gasteiger partial charge in [-0.2, -0.15) is 0 Å². The van der Waals surface area contributed by atoms with E-state index in [1.807, 2.05) is 12.1 Å². The van der Waals surface area contributed by atoms with Gasteiger partial charge in [-0.1, -0.05) is 76.6 Å². The molecule has 0 aromatic heterocycles. The van der Waals surface area contributed by atoms with Crippen LogP contribution in [0.2, 0.25) is 0 Å². The highest BCUT2D eigenvalue weighted by Crippen LogP contribution is 2.40. The van der Waals surface area contributed by atoms with Crippen LogP contribution < -0.4 is 0 Å². The van der Waals surface area contributed by atoms with Gasteiger partial charge in [-0.05, 0) is 36.2 Å². The molecular formula is C20H30O. The lowest BCUT2D eigenvalue weighted by molar-refractivity contribution is 0.112. The summed E-state index contributed by atoms with van der Waals surface area (Å²) in [4.78, 5) is 10.8. The summed E-state index contributed by atoms with van der Waals surface area (Å²) in [5.41, 5.74) is 2.19. The minimum Gasteiger partial charge on any atom is -0.298 e. The fourth-order valence-electron chi connectivity index (χ4n) is 3.88. The number of carbonyl (C=O) groups is 1. The Hall–Kier alpha value is -1.11. The first-order chi connectivity index (χ1) is 10.2. The molecule has 0 aliphatic heterocycles. The van der Waals surface area contributed by atoms with Crippen LogP contribution in [0.1, 0.15) is 87.1 Å². The van der Waals surface area contributed by atoms with Crippen molar-refractivity contribution in [3.05, 3.63) is 35.4 Å². The van der Waals surface area contributed by atoms with E-state index in [1.54, 1.807) is 0 Å². The third-order valence-corrected chi connectivity index (χ3v) is 5.34. The second kappa shape index (κ2) is 8.36. The van der Waals surface area contributed by atoms with Crippen molar-refractivity contribution in [3.63, 3.8) is 0 Å². The van der Waals surface area contributed by atoms with Gasteiger partial charge in [0.2, 0.25) is 0 Å². The molecule has 3 atom stereocenters. The van der Waals surface area contributed by atoms with E-state index in [0.717, 1.165) is 23.7 Å². The SMILES string of the molecule is CCCCC[C@H]1CCC[C@H]([C@@H](C)c2ccc(C=O)cc2)C1. The van der Waals surface area contributed by atoms with Crippen molar-refractivity contribution in [3.8, 4) is 0 Å². The lowest BCUT2D eigenvalue weighted by Crippen LogP contribution is -2.20. The molecule has 1 aromatic carbocycles. The maximum atomic E-state index is 10.8. The molecule has 1 saturated carbocycles. The van der Waals surface area contributed by atoms with Gasteiger partial charge in [-0.25, -0.2) is 0 Å². The summed E-state index contributed by atoms with van der Waals surface area (Å²) in [5, 5.41) is 0. The van der Waals surface area contributed by atoms with E-state index < -0.39 is 0 Å². The van der Waals surface area contributed by atoms with Gasteiger partial charge in [0.1, 0.15) is 6.29 Å². The number of unbranched alkanes of at least 4 members (excludes halogenated alkanes) is 2. The zero-order valence-electron chi connectivity index (χ0n) is 13.7. The zero-order valence-corrected chi connectivity index (χ0v) is 13.7. The van der Waals surface area contributed by atoms with E-state index in [1.165, 1.54) is 56.9 Å². The number of benzene rings is 1. The van der Waals surface area contributed by atoms with E-state index >= 15 is 0 Å². The Balaban J connectivity index is 1.91. The second-order valence-corrected chi connectivity index (χ2v) is 6.86. The molecule has 0 heterocycles. The summed E-state index contributed by atoms with van der Waals surface area (Å²) in [5.74, 6) is 2.40. The van der Waals surface area contributed by atoms with Crippen molar-refractivity contribution in [2.24, 2.45) is 11.8 Å². The molecule has 1 nitrogen and oxygen atoms in total. The molecule has 0 spiro atoms. The van der Waals surface area contributed by atoms with Crippen LogP contribution in [-0.2, 0) is 0 Å². The summed E-state index contributed by atoms with van der Waals surface area (Å²) in [6, 6.07) is 8.21. The average molecular weight is 286 g/mol. The van der Waals surface area contributed by atoms with Crippen molar-refractivity contribution in [2.75, 3.05) is 0 Å². The standard InChI is InChI=1S/C20H30O/c1-3-4-5-7-17-8-6-9-20(14-17)16(2)19-12-10-18(15-21)11-13-19/h10-13,15-17,20H,3-9,14H2,1-2H3/t16-,17-,20-/m0/s1. The first kappa shape index (κ1) is 16.3. The monoisotopic (exact) mass is 286 g/mol. The molecule has 0 N–H and O–H groups in total. The largest absolute Gasteiger partial charge is 0.298 e. The normalized spacial score (nSPS) is 23.7. The molecule has 0 saturated heterocycles. The molecule has 0 unspecified atom stereocenters. The molecule has 1 aliphatic carbocycles. The summed E-state index contributed by atoms with van der Waals surface area (Å²) in [6.45, 7) is 4.66. The number of carbonyl (C=O) groups excluding carboxylic acids is 1. The molecule has 0 bridgehead atoms. The van der Waals surface area contributed by atoms with E-state index in [9.17, 15) is 4.79 Å². The molecule has 0 amide bonds. The van der Waals surface area contributed by atoms with Crippen molar-refractivity contribution in [2.45, 2.75) is 71.1 Å². The van der Waals surface area contributed by atoms with Crippen LogP contribution in [0.5, 0.6) is 0 Å². The smallest absolute Gasteiger partial charge is 0.150 e. The predicted molar refractivity (Wildman–Crippen MR) is 89.8 cm³/mol. The van der Waals surface area contributed by atoms with Crippen molar-refractivity contribution in [1.82, 2.24) is 0 Å². The van der Waals surface area contributed by atoms with Crippen LogP contribution in [0.25, 0.3) is 0 Å². The molecule has 1 heteroatoms. The van der Waals surface area contributed by atoms with E-state index in [2.05, 4.69) is 26.0 Å². The third kappa shape index (κ3) is 4.69. The van der Waals surface area contributed by atoms with Gasteiger partial charge in [-0.3, -0.25) is 4.79 Å². The quantitative estimate of drug-likeness (QED) is 0.444. The van der Waals surface area contributed by atoms with Crippen molar-refractivity contribution >= 4 is 6.29 Å². The first-order valence-electron chi connectivity index (χ1n) is 8.79. The molecule has 116 valence electrons. The van der Waals surface area contributed by atoms with Gasteiger partial charge in [-0.15, -0.1) is 0 Å². The van der Waals surface area contributed by atoms with Crippen LogP contribution in [0, 0.1) is 11.8 Å². The Morgan fingerprint density at radius 2 is 1.95 bits per heavy atom. The summed E-state index contributed by atoms with van der Waals surface area (Å²) in [7, 11) is 0. The minimum absolute atomic E-state index is 0.625. The zero-order chi connectivity index (χ0) is 15.1. The van der Waals surface area contributed by atoms with Gasteiger partial charge in [0.25, 0.3) is 0 Å². The van der Waals surface area contributed by atoms with Crippen LogP contribution in [0.4, 0.5) is 0 Å². The minimum atomic E-state index is 0.625. The van der Waals surface area contributed by atoms with E-state index in [-0.39, 0.29) is 0 Å². The van der Waals surface area contributed by atoms with E-state index in [4.69, 9.17) is 0 Å². The van der Waals surface area contributed by atoms with Crippen molar-refractivity contribution < 1.29 is 4.79 Å². The van der Waals surface area contributed by atoms with Crippen molar-refractivity contribution in [1.29, 1.82) is 0 Å². The summed E-state index contributed by atoms with van der Waals surface area (Å²) >= 11 is 0. The Bertz CT molecular complexity index is 420. The molecule has 1 aliphatic rings. The van der Waals surface area contributed by atoms with Crippen LogP contribution in [0.15, 0.2) is 24.3 Å². The third-order valence-electron chi connectivity index (χ3n) is 5.34. The van der Waals surface area contributed by atoms with Gasteiger partial charge in [0.05, 0.1) is 0 Å². The highest BCUT2D eigenvalue weighted by atomic mass is 16.1. The average Bonchev–Trinajstić information content (AvgIpc) is 2.55. The number of hydrogen-bond donors (Lipinski definition) is 0. The highest BCUT2D eigenvalue weighted by molar-refractivity contribution is 5.74. The lowest BCUT2D eigenvalue weighted by Gasteiger charge is -2.33. The van der Waals surface area contributed by atoms with Crippen LogP contribution in [0.3, 0.4) is 0 Å². The van der Waals surface area contributed by atoms with Gasteiger partial charge < -0.3 is 0 Å².